The monoisotopic (exact) mass is 279 g/mol. The number of aromatic carboxylic acids is 1. The second-order valence-corrected chi connectivity index (χ2v) is 5.33. The first kappa shape index (κ1) is 13.7. The second kappa shape index (κ2) is 5.93. The summed E-state index contributed by atoms with van der Waals surface area (Å²) in [5.41, 5.74) is 1.58. The van der Waals surface area contributed by atoms with Crippen molar-refractivity contribution in [3.8, 4) is 0 Å². The standard InChI is InChI=1S/C14H14FNO2S/c1-2-3-11-13(14(17)18)19-12(16-11)8-9-4-6-10(15)7-5-9/h4-7H,2-3,8H2,1H3,(H,17,18). The normalized spacial score (nSPS) is 10.6. The number of halogens is 1. The molecule has 2 aromatic rings. The van der Waals surface area contributed by atoms with E-state index in [1.54, 1.807) is 12.1 Å². The Morgan fingerprint density at radius 3 is 2.63 bits per heavy atom. The minimum absolute atomic E-state index is 0.277. The second-order valence-electron chi connectivity index (χ2n) is 4.24. The number of carbonyl (C=O) groups is 1. The van der Waals surface area contributed by atoms with Crippen LogP contribution >= 0.6 is 11.3 Å². The van der Waals surface area contributed by atoms with Gasteiger partial charge in [0.2, 0.25) is 0 Å². The zero-order chi connectivity index (χ0) is 13.8. The molecule has 1 N–H and O–H groups in total. The van der Waals surface area contributed by atoms with Gasteiger partial charge in [0.1, 0.15) is 10.7 Å². The van der Waals surface area contributed by atoms with Crippen LogP contribution in [0.25, 0.3) is 0 Å². The van der Waals surface area contributed by atoms with E-state index in [9.17, 15) is 9.18 Å². The van der Waals surface area contributed by atoms with Crippen LogP contribution < -0.4 is 0 Å². The molecule has 0 fully saturated rings. The van der Waals surface area contributed by atoms with E-state index >= 15 is 0 Å². The van der Waals surface area contributed by atoms with E-state index in [4.69, 9.17) is 5.11 Å². The van der Waals surface area contributed by atoms with E-state index in [0.717, 1.165) is 17.0 Å². The highest BCUT2D eigenvalue weighted by Crippen LogP contribution is 2.22. The summed E-state index contributed by atoms with van der Waals surface area (Å²) in [6.45, 7) is 1.99. The minimum Gasteiger partial charge on any atom is -0.477 e. The van der Waals surface area contributed by atoms with Gasteiger partial charge in [-0.3, -0.25) is 0 Å². The van der Waals surface area contributed by atoms with Crippen molar-refractivity contribution < 1.29 is 14.3 Å². The predicted octanol–water partition coefficient (Wildman–Crippen LogP) is 3.52. The number of aromatic nitrogens is 1. The van der Waals surface area contributed by atoms with Gasteiger partial charge in [0, 0.05) is 6.42 Å². The quantitative estimate of drug-likeness (QED) is 0.911. The number of rotatable bonds is 5. The van der Waals surface area contributed by atoms with Crippen molar-refractivity contribution in [1.82, 2.24) is 4.98 Å². The first-order chi connectivity index (χ1) is 9.10. The summed E-state index contributed by atoms with van der Waals surface area (Å²) >= 11 is 1.20. The third kappa shape index (κ3) is 3.38. The number of nitrogens with zero attached hydrogens (tertiary/aromatic N) is 1. The Bertz CT molecular complexity index is 578. The Morgan fingerprint density at radius 1 is 1.37 bits per heavy atom. The molecule has 5 heteroatoms. The molecule has 0 spiro atoms. The van der Waals surface area contributed by atoms with Crippen LogP contribution in [0.5, 0.6) is 0 Å². The molecule has 0 aliphatic carbocycles. The fraction of sp³-hybridized carbons (Fsp3) is 0.286. The van der Waals surface area contributed by atoms with E-state index in [-0.39, 0.29) is 5.82 Å². The van der Waals surface area contributed by atoms with Crippen LogP contribution in [-0.2, 0) is 12.8 Å². The van der Waals surface area contributed by atoms with Crippen molar-refractivity contribution in [1.29, 1.82) is 0 Å². The molecule has 1 aromatic heterocycles. The molecule has 1 heterocycles. The highest BCUT2D eigenvalue weighted by Gasteiger charge is 2.16. The van der Waals surface area contributed by atoms with Crippen LogP contribution in [0.3, 0.4) is 0 Å². The lowest BCUT2D eigenvalue weighted by molar-refractivity contribution is 0.0700. The molecule has 1 aromatic carbocycles. The van der Waals surface area contributed by atoms with Gasteiger partial charge in [-0.15, -0.1) is 11.3 Å². The third-order valence-electron chi connectivity index (χ3n) is 2.69. The molecule has 0 bridgehead atoms. The average Bonchev–Trinajstić information content (AvgIpc) is 2.76. The smallest absolute Gasteiger partial charge is 0.347 e. The number of hydrogen-bond acceptors (Lipinski definition) is 3. The topological polar surface area (TPSA) is 50.2 Å². The van der Waals surface area contributed by atoms with E-state index in [1.807, 2.05) is 6.92 Å². The molecule has 3 nitrogen and oxygen atoms in total. The van der Waals surface area contributed by atoms with Crippen molar-refractivity contribution in [3.05, 3.63) is 51.2 Å². The van der Waals surface area contributed by atoms with E-state index in [1.165, 1.54) is 23.5 Å². The van der Waals surface area contributed by atoms with Gasteiger partial charge in [-0.05, 0) is 24.1 Å². The highest BCUT2D eigenvalue weighted by molar-refractivity contribution is 7.13. The summed E-state index contributed by atoms with van der Waals surface area (Å²) in [6.07, 6.45) is 2.07. The van der Waals surface area contributed by atoms with Gasteiger partial charge >= 0.3 is 5.97 Å². The molecule has 0 saturated carbocycles. The Morgan fingerprint density at radius 2 is 2.05 bits per heavy atom. The molecule has 0 aliphatic rings. The van der Waals surface area contributed by atoms with Gasteiger partial charge in [0.15, 0.2) is 0 Å². The largest absolute Gasteiger partial charge is 0.477 e. The molecular formula is C14H14FNO2S. The summed E-state index contributed by atoms with van der Waals surface area (Å²) in [4.78, 5) is 15.8. The number of carboxylic acid groups (broad SMARTS) is 1. The Hall–Kier alpha value is -1.75. The molecule has 0 amide bonds. The lowest BCUT2D eigenvalue weighted by Gasteiger charge is -1.97. The summed E-state index contributed by atoms with van der Waals surface area (Å²) in [5, 5.41) is 9.89. The third-order valence-corrected chi connectivity index (χ3v) is 3.78. The first-order valence-corrected chi connectivity index (χ1v) is 6.88. The van der Waals surface area contributed by atoms with E-state index in [2.05, 4.69) is 4.98 Å². The molecule has 2 rings (SSSR count). The maximum Gasteiger partial charge on any atom is 0.347 e. The Kier molecular flexibility index (Phi) is 4.27. The SMILES string of the molecule is CCCc1nc(Cc2ccc(F)cc2)sc1C(=O)O. The van der Waals surface area contributed by atoms with Crippen molar-refractivity contribution in [2.75, 3.05) is 0 Å². The highest BCUT2D eigenvalue weighted by atomic mass is 32.1. The molecule has 0 radical (unpaired) electrons. The van der Waals surface area contributed by atoms with Gasteiger partial charge in [-0.2, -0.15) is 0 Å². The van der Waals surface area contributed by atoms with Gasteiger partial charge in [0.05, 0.1) is 10.7 Å². The van der Waals surface area contributed by atoms with Gasteiger partial charge < -0.3 is 5.11 Å². The van der Waals surface area contributed by atoms with Crippen LogP contribution in [0, 0.1) is 5.82 Å². The van der Waals surface area contributed by atoms with Crippen LogP contribution in [-0.4, -0.2) is 16.1 Å². The zero-order valence-corrected chi connectivity index (χ0v) is 11.3. The lowest BCUT2D eigenvalue weighted by atomic mass is 10.1. The number of thiazole rings is 1. The fourth-order valence-electron chi connectivity index (χ4n) is 1.83. The number of hydrogen-bond donors (Lipinski definition) is 1. The molecule has 0 saturated heterocycles. The number of aryl methyl sites for hydroxylation is 1. The van der Waals surface area contributed by atoms with Crippen molar-refractivity contribution in [3.63, 3.8) is 0 Å². The van der Waals surface area contributed by atoms with Crippen LogP contribution in [0.2, 0.25) is 0 Å². The lowest BCUT2D eigenvalue weighted by Crippen LogP contribution is -1.98. The Balaban J connectivity index is 2.23. The Labute approximate surface area is 114 Å². The van der Waals surface area contributed by atoms with Crippen LogP contribution in [0.1, 0.15) is 39.3 Å². The summed E-state index contributed by atoms with van der Waals surface area (Å²) in [5.74, 6) is -1.20. The summed E-state index contributed by atoms with van der Waals surface area (Å²) in [7, 11) is 0. The molecule has 0 atom stereocenters. The summed E-state index contributed by atoms with van der Waals surface area (Å²) < 4.78 is 12.8. The van der Waals surface area contributed by atoms with Crippen molar-refractivity contribution in [2.24, 2.45) is 0 Å². The maximum absolute atomic E-state index is 12.8. The van der Waals surface area contributed by atoms with Gasteiger partial charge in [0.25, 0.3) is 0 Å². The minimum atomic E-state index is -0.925. The molecule has 19 heavy (non-hydrogen) atoms. The van der Waals surface area contributed by atoms with Gasteiger partial charge in [-0.1, -0.05) is 25.5 Å². The maximum atomic E-state index is 12.8. The predicted molar refractivity (Wildman–Crippen MR) is 72.3 cm³/mol. The molecule has 0 unspecified atom stereocenters. The first-order valence-electron chi connectivity index (χ1n) is 6.06. The number of benzene rings is 1. The summed E-state index contributed by atoms with van der Waals surface area (Å²) in [6, 6.07) is 6.18. The van der Waals surface area contributed by atoms with Gasteiger partial charge in [-0.25, -0.2) is 14.2 Å². The zero-order valence-electron chi connectivity index (χ0n) is 10.5. The van der Waals surface area contributed by atoms with E-state index < -0.39 is 5.97 Å². The van der Waals surface area contributed by atoms with E-state index in [0.29, 0.717) is 23.4 Å². The molecule has 0 aliphatic heterocycles. The van der Waals surface area contributed by atoms with Crippen LogP contribution in [0.4, 0.5) is 4.39 Å². The van der Waals surface area contributed by atoms with Crippen molar-refractivity contribution in [2.45, 2.75) is 26.2 Å². The van der Waals surface area contributed by atoms with Crippen LogP contribution in [0.15, 0.2) is 24.3 Å². The average molecular weight is 279 g/mol. The molecular weight excluding hydrogens is 265 g/mol. The molecule has 100 valence electrons. The number of carboxylic acids is 1. The fourth-order valence-corrected chi connectivity index (χ4v) is 2.81. The van der Waals surface area contributed by atoms with Crippen molar-refractivity contribution >= 4 is 17.3 Å².